The van der Waals surface area contributed by atoms with Crippen molar-refractivity contribution >= 4 is 38.9 Å². The molecule has 12 nitrogen and oxygen atoms in total. The number of hydrogen-bond donors (Lipinski definition) is 2. The minimum absolute atomic E-state index is 0.0223. The lowest BCUT2D eigenvalue weighted by Crippen LogP contribution is -2.20. The van der Waals surface area contributed by atoms with Gasteiger partial charge in [0.2, 0.25) is 15.7 Å². The maximum absolute atomic E-state index is 12.5. The molecule has 3 rings (SSSR count). The molecule has 2 heterocycles. The third-order valence-electron chi connectivity index (χ3n) is 4.57. The number of rotatable bonds is 8. The molecular formula is C20H22N4O8S. The fourth-order valence-electron chi connectivity index (χ4n) is 3.03. The zero-order chi connectivity index (χ0) is 24.3. The van der Waals surface area contributed by atoms with E-state index in [0.717, 1.165) is 6.07 Å². The van der Waals surface area contributed by atoms with Crippen molar-refractivity contribution in [2.45, 2.75) is 25.3 Å². The summed E-state index contributed by atoms with van der Waals surface area (Å²) in [6.45, 7) is 3.02. The van der Waals surface area contributed by atoms with Gasteiger partial charge in [-0.05, 0) is 39.1 Å². The lowest BCUT2D eigenvalue weighted by atomic mass is 10.2. The van der Waals surface area contributed by atoms with E-state index in [9.17, 15) is 18.0 Å². The molecule has 0 atom stereocenters. The van der Waals surface area contributed by atoms with Crippen molar-refractivity contribution in [1.82, 2.24) is 14.7 Å². The van der Waals surface area contributed by atoms with Gasteiger partial charge in [0, 0.05) is 0 Å². The van der Waals surface area contributed by atoms with E-state index in [2.05, 4.69) is 14.7 Å². The van der Waals surface area contributed by atoms with E-state index >= 15 is 0 Å². The normalized spacial score (nSPS) is 11.4. The van der Waals surface area contributed by atoms with E-state index in [1.165, 1.54) is 26.3 Å². The molecule has 2 aromatic heterocycles. The summed E-state index contributed by atoms with van der Waals surface area (Å²) in [5.74, 6) is -1.14. The molecule has 33 heavy (non-hydrogen) atoms. The summed E-state index contributed by atoms with van der Waals surface area (Å²) in [6, 6.07) is 3.83. The molecule has 0 bridgehead atoms. The number of hydrogen-bond acceptors (Lipinski definition) is 11. The van der Waals surface area contributed by atoms with Gasteiger partial charge in [-0.25, -0.2) is 27.7 Å². The molecule has 0 fully saturated rings. The maximum atomic E-state index is 12.5. The molecule has 0 unspecified atom stereocenters. The van der Waals surface area contributed by atoms with Crippen LogP contribution in [0.5, 0.6) is 5.75 Å². The Labute approximate surface area is 189 Å². The molecule has 0 spiro atoms. The van der Waals surface area contributed by atoms with Crippen LogP contribution in [0, 0.1) is 6.92 Å². The Morgan fingerprint density at radius 1 is 1.18 bits per heavy atom. The largest absolute Gasteiger partial charge is 0.495 e. The Morgan fingerprint density at radius 3 is 2.55 bits per heavy atom. The number of fused-ring (bicyclic) bond motifs is 1. The van der Waals surface area contributed by atoms with Crippen LogP contribution >= 0.6 is 0 Å². The second-order valence-corrected chi connectivity index (χ2v) is 8.46. The molecule has 0 saturated carbocycles. The van der Waals surface area contributed by atoms with Crippen LogP contribution in [0.4, 0.5) is 5.82 Å². The van der Waals surface area contributed by atoms with Crippen molar-refractivity contribution in [2.75, 3.05) is 26.5 Å². The number of methoxy groups -OCH3 is 1. The molecule has 0 saturated heterocycles. The molecule has 176 valence electrons. The van der Waals surface area contributed by atoms with Crippen LogP contribution in [0.1, 0.15) is 39.2 Å². The Morgan fingerprint density at radius 2 is 1.91 bits per heavy atom. The molecule has 3 aromatic rings. The zero-order valence-corrected chi connectivity index (χ0v) is 19.1. The van der Waals surface area contributed by atoms with E-state index in [-0.39, 0.29) is 63.5 Å². The number of aromatic nitrogens is 2. The second-order valence-electron chi connectivity index (χ2n) is 6.61. The topological polar surface area (TPSA) is 173 Å². The van der Waals surface area contributed by atoms with Gasteiger partial charge in [-0.15, -0.1) is 0 Å². The van der Waals surface area contributed by atoms with Crippen molar-refractivity contribution in [3.8, 4) is 5.75 Å². The lowest BCUT2D eigenvalue weighted by Gasteiger charge is -2.11. The molecule has 1 aromatic carbocycles. The van der Waals surface area contributed by atoms with Gasteiger partial charge >= 0.3 is 11.9 Å². The van der Waals surface area contributed by atoms with Gasteiger partial charge < -0.3 is 24.4 Å². The highest BCUT2D eigenvalue weighted by Gasteiger charge is 2.25. The van der Waals surface area contributed by atoms with Gasteiger partial charge in [-0.1, -0.05) is 0 Å². The average Bonchev–Trinajstić information content (AvgIpc) is 3.13. The van der Waals surface area contributed by atoms with Crippen LogP contribution in [0.25, 0.3) is 11.1 Å². The highest BCUT2D eigenvalue weighted by Crippen LogP contribution is 2.29. The smallest absolute Gasteiger partial charge is 0.342 e. The first-order chi connectivity index (χ1) is 15.6. The number of sulfonamides is 1. The molecule has 0 amide bonds. The summed E-state index contributed by atoms with van der Waals surface area (Å²) in [6.07, 6.45) is 0. The van der Waals surface area contributed by atoms with Crippen molar-refractivity contribution < 1.29 is 36.6 Å². The first-order valence-corrected chi connectivity index (χ1v) is 11.1. The van der Waals surface area contributed by atoms with Crippen LogP contribution < -0.4 is 15.2 Å². The third kappa shape index (κ3) is 4.73. The molecule has 3 N–H and O–H groups in total. The first-order valence-electron chi connectivity index (χ1n) is 9.64. The molecule has 0 aliphatic rings. The van der Waals surface area contributed by atoms with Crippen LogP contribution in [-0.4, -0.2) is 51.1 Å². The van der Waals surface area contributed by atoms with Gasteiger partial charge in [0.25, 0.3) is 0 Å². The number of nitrogens with one attached hydrogen (secondary N) is 1. The zero-order valence-electron chi connectivity index (χ0n) is 18.3. The molecule has 0 aliphatic carbocycles. The molecule has 13 heteroatoms. The van der Waals surface area contributed by atoms with Crippen LogP contribution in [0.2, 0.25) is 0 Å². The molecular weight excluding hydrogens is 456 g/mol. The summed E-state index contributed by atoms with van der Waals surface area (Å²) in [5.41, 5.74) is 6.13. The number of nitrogens with zero attached hydrogens (tertiary/aromatic N) is 2. The predicted molar refractivity (Wildman–Crippen MR) is 115 cm³/mol. The highest BCUT2D eigenvalue weighted by molar-refractivity contribution is 7.89. The number of anilines is 1. The van der Waals surface area contributed by atoms with Crippen molar-refractivity contribution in [2.24, 2.45) is 0 Å². The number of ether oxygens (including phenoxy) is 3. The highest BCUT2D eigenvalue weighted by atomic mass is 32.2. The van der Waals surface area contributed by atoms with Crippen molar-refractivity contribution in [1.29, 1.82) is 0 Å². The second kappa shape index (κ2) is 9.42. The van der Waals surface area contributed by atoms with Gasteiger partial charge in [0.05, 0.1) is 24.7 Å². The monoisotopic (exact) mass is 478 g/mol. The summed E-state index contributed by atoms with van der Waals surface area (Å²) >= 11 is 0. The van der Waals surface area contributed by atoms with Gasteiger partial charge in [0.15, 0.2) is 12.4 Å². The summed E-state index contributed by atoms with van der Waals surface area (Å²) in [7, 11) is -1.33. The van der Waals surface area contributed by atoms with Gasteiger partial charge in [-0.3, -0.25) is 0 Å². The predicted octanol–water partition coefficient (Wildman–Crippen LogP) is 1.56. The Hall–Kier alpha value is -3.71. The summed E-state index contributed by atoms with van der Waals surface area (Å²) < 4.78 is 47.3. The number of furan rings is 1. The number of benzene rings is 1. The first kappa shape index (κ1) is 23.9. The molecule has 0 aliphatic heterocycles. The number of carbonyl (C=O) groups excluding carboxylic acids is 2. The van der Waals surface area contributed by atoms with Crippen LogP contribution in [-0.2, 0) is 26.1 Å². The SMILES string of the molecule is CCOC(=O)c1c(C)oc2nc(COC(=O)c3ccc(OC)c(S(=O)(=O)NC)c3)nc(N)c12. The number of carbonyl (C=O) groups is 2. The standard InChI is InChI=1S/C20H22N4O8S/c1-5-30-20(26)15-10(2)32-18-16(15)17(21)23-14(24-18)9-31-19(25)11-6-7-12(29-4)13(8-11)33(27,28)22-3/h6-8,22H,5,9H2,1-4H3,(H2,21,23,24). The average molecular weight is 478 g/mol. The number of esters is 2. The van der Waals surface area contributed by atoms with Gasteiger partial charge in [-0.2, -0.15) is 4.98 Å². The van der Waals surface area contributed by atoms with E-state index in [1.54, 1.807) is 13.8 Å². The minimum atomic E-state index is -3.88. The fourth-order valence-corrected chi connectivity index (χ4v) is 3.95. The quantitative estimate of drug-likeness (QED) is 0.450. The Bertz CT molecular complexity index is 1330. The number of aryl methyl sites for hydroxylation is 1. The van der Waals surface area contributed by atoms with Crippen molar-refractivity contribution in [3.63, 3.8) is 0 Å². The van der Waals surface area contributed by atoms with Gasteiger partial charge in [0.1, 0.15) is 27.8 Å². The number of nitrogen functional groups attached to an aromatic ring is 1. The fraction of sp³-hybridized carbons (Fsp3) is 0.300. The summed E-state index contributed by atoms with van der Waals surface area (Å²) in [4.78, 5) is 32.7. The maximum Gasteiger partial charge on any atom is 0.342 e. The third-order valence-corrected chi connectivity index (χ3v) is 6.01. The van der Waals surface area contributed by atoms with E-state index < -0.39 is 22.0 Å². The van der Waals surface area contributed by atoms with Crippen molar-refractivity contribution in [3.05, 3.63) is 40.9 Å². The van der Waals surface area contributed by atoms with E-state index in [1.807, 2.05) is 0 Å². The summed E-state index contributed by atoms with van der Waals surface area (Å²) in [5, 5.41) is 0.207. The van der Waals surface area contributed by atoms with Crippen LogP contribution in [0.15, 0.2) is 27.5 Å². The molecule has 0 radical (unpaired) electrons. The van der Waals surface area contributed by atoms with E-state index in [4.69, 9.17) is 24.4 Å². The Balaban J connectivity index is 1.86. The minimum Gasteiger partial charge on any atom is -0.495 e. The Kier molecular flexibility index (Phi) is 6.84. The van der Waals surface area contributed by atoms with E-state index in [0.29, 0.717) is 0 Å². The lowest BCUT2D eigenvalue weighted by molar-refractivity contribution is 0.0461. The number of nitrogens with two attached hydrogens (primary N) is 1. The van der Waals surface area contributed by atoms with Crippen LogP contribution in [0.3, 0.4) is 0 Å².